The van der Waals surface area contributed by atoms with Gasteiger partial charge in [0.1, 0.15) is 0 Å². The fourth-order valence-electron chi connectivity index (χ4n) is 3.56. The minimum atomic E-state index is 1.02. The average Bonchev–Trinajstić information content (AvgIpc) is 2.20. The van der Waals surface area contributed by atoms with Gasteiger partial charge in [0.25, 0.3) is 0 Å². The SMILES string of the molecule is CC1CC2CCCCC(CCC2)C1. The molecule has 3 aliphatic rings. The lowest BCUT2D eigenvalue weighted by atomic mass is 9.80. The van der Waals surface area contributed by atoms with Gasteiger partial charge in [-0.2, -0.15) is 0 Å². The predicted molar refractivity (Wildman–Crippen MR) is 57.7 cm³/mol. The lowest BCUT2D eigenvalue weighted by Crippen LogP contribution is -2.13. The number of fused-ring (bicyclic) bond motifs is 7. The van der Waals surface area contributed by atoms with E-state index in [1.165, 1.54) is 44.9 Å². The Balaban J connectivity index is 2.02. The van der Waals surface area contributed by atoms with Crippen LogP contribution in [0.1, 0.15) is 64.7 Å². The Kier molecular flexibility index (Phi) is 3.29. The molecule has 0 saturated heterocycles. The van der Waals surface area contributed by atoms with Gasteiger partial charge in [-0.1, -0.05) is 51.9 Å². The second-order valence-electron chi connectivity index (χ2n) is 5.52. The standard InChI is InChI=1S/C13H24/c1-11-9-12-5-2-3-6-13(10-11)8-4-7-12/h11-13H,2-10H2,1H3. The molecule has 3 fully saturated rings. The number of rotatable bonds is 0. The summed E-state index contributed by atoms with van der Waals surface area (Å²) in [5.74, 6) is 3.21. The molecular formula is C13H24. The molecule has 0 radical (unpaired) electrons. The Labute approximate surface area is 83.1 Å². The third kappa shape index (κ3) is 2.72. The molecular weight excluding hydrogens is 156 g/mol. The summed E-state index contributed by atoms with van der Waals surface area (Å²) in [6, 6.07) is 0. The van der Waals surface area contributed by atoms with E-state index >= 15 is 0 Å². The van der Waals surface area contributed by atoms with Crippen LogP contribution in [0, 0.1) is 17.8 Å². The van der Waals surface area contributed by atoms with Gasteiger partial charge in [0, 0.05) is 0 Å². The van der Waals surface area contributed by atoms with Crippen LogP contribution in [-0.4, -0.2) is 0 Å². The molecule has 3 saturated carbocycles. The minimum Gasteiger partial charge on any atom is -0.0625 e. The fraction of sp³-hybridized carbons (Fsp3) is 1.00. The van der Waals surface area contributed by atoms with Gasteiger partial charge in [-0.15, -0.1) is 0 Å². The molecule has 2 unspecified atom stereocenters. The van der Waals surface area contributed by atoms with Gasteiger partial charge in [-0.25, -0.2) is 0 Å². The van der Waals surface area contributed by atoms with E-state index < -0.39 is 0 Å². The highest BCUT2D eigenvalue weighted by atomic mass is 14.3. The zero-order chi connectivity index (χ0) is 9.10. The van der Waals surface area contributed by atoms with Gasteiger partial charge in [-0.3, -0.25) is 0 Å². The summed E-state index contributed by atoms with van der Waals surface area (Å²) in [5, 5.41) is 0. The first-order chi connectivity index (χ1) is 6.34. The Morgan fingerprint density at radius 2 is 1.15 bits per heavy atom. The minimum absolute atomic E-state index is 1.02. The van der Waals surface area contributed by atoms with Gasteiger partial charge in [-0.05, 0) is 30.6 Å². The highest BCUT2D eigenvalue weighted by molar-refractivity contribution is 4.75. The molecule has 13 heavy (non-hydrogen) atoms. The molecule has 2 atom stereocenters. The molecule has 0 spiro atoms. The van der Waals surface area contributed by atoms with Crippen molar-refractivity contribution in [3.8, 4) is 0 Å². The van der Waals surface area contributed by atoms with E-state index in [1.807, 2.05) is 0 Å². The molecule has 0 aliphatic heterocycles. The van der Waals surface area contributed by atoms with Crippen molar-refractivity contribution in [2.75, 3.05) is 0 Å². The van der Waals surface area contributed by atoms with Crippen LogP contribution in [-0.2, 0) is 0 Å². The topological polar surface area (TPSA) is 0 Å². The highest BCUT2D eigenvalue weighted by Crippen LogP contribution is 2.36. The molecule has 0 aromatic carbocycles. The van der Waals surface area contributed by atoms with Gasteiger partial charge in [0.2, 0.25) is 0 Å². The summed E-state index contributed by atoms with van der Waals surface area (Å²) < 4.78 is 0. The number of hydrogen-bond donors (Lipinski definition) is 0. The lowest BCUT2D eigenvalue weighted by molar-refractivity contribution is 0.260. The normalized spacial score (nSPS) is 41.8. The maximum atomic E-state index is 2.48. The fourth-order valence-corrected chi connectivity index (χ4v) is 3.56. The summed E-state index contributed by atoms with van der Waals surface area (Å²) in [6.45, 7) is 2.48. The molecule has 2 bridgehead atoms. The summed E-state index contributed by atoms with van der Waals surface area (Å²) in [4.78, 5) is 0. The molecule has 3 rings (SSSR count). The average molecular weight is 180 g/mol. The van der Waals surface area contributed by atoms with Crippen LogP contribution in [0.4, 0.5) is 0 Å². The van der Waals surface area contributed by atoms with E-state index in [-0.39, 0.29) is 0 Å². The Morgan fingerprint density at radius 1 is 0.692 bits per heavy atom. The van der Waals surface area contributed by atoms with Gasteiger partial charge in [0.15, 0.2) is 0 Å². The molecule has 0 nitrogen and oxygen atoms in total. The van der Waals surface area contributed by atoms with Crippen LogP contribution in [0.5, 0.6) is 0 Å². The Morgan fingerprint density at radius 3 is 1.69 bits per heavy atom. The molecule has 0 N–H and O–H groups in total. The first-order valence-electron chi connectivity index (χ1n) is 6.34. The predicted octanol–water partition coefficient (Wildman–Crippen LogP) is 4.39. The summed E-state index contributed by atoms with van der Waals surface area (Å²) in [6.07, 6.45) is 13.8. The third-order valence-electron chi connectivity index (χ3n) is 4.17. The van der Waals surface area contributed by atoms with E-state index in [2.05, 4.69) is 6.92 Å². The Hall–Kier alpha value is 0. The van der Waals surface area contributed by atoms with Crippen molar-refractivity contribution in [2.45, 2.75) is 64.7 Å². The van der Waals surface area contributed by atoms with E-state index in [0.717, 1.165) is 17.8 Å². The first kappa shape index (κ1) is 9.55. The van der Waals surface area contributed by atoms with Crippen LogP contribution in [0.25, 0.3) is 0 Å². The van der Waals surface area contributed by atoms with Crippen molar-refractivity contribution >= 4 is 0 Å². The van der Waals surface area contributed by atoms with E-state index in [0.29, 0.717) is 0 Å². The highest BCUT2D eigenvalue weighted by Gasteiger charge is 2.22. The van der Waals surface area contributed by atoms with Crippen molar-refractivity contribution < 1.29 is 0 Å². The van der Waals surface area contributed by atoms with Gasteiger partial charge in [0.05, 0.1) is 0 Å². The zero-order valence-corrected chi connectivity index (χ0v) is 9.10. The van der Waals surface area contributed by atoms with Gasteiger partial charge >= 0.3 is 0 Å². The van der Waals surface area contributed by atoms with Crippen LogP contribution in [0.2, 0.25) is 0 Å². The van der Waals surface area contributed by atoms with Crippen LogP contribution < -0.4 is 0 Å². The van der Waals surface area contributed by atoms with Crippen molar-refractivity contribution in [1.29, 1.82) is 0 Å². The lowest BCUT2D eigenvalue weighted by Gasteiger charge is -2.26. The summed E-state index contributed by atoms with van der Waals surface area (Å²) in [5.41, 5.74) is 0. The molecule has 0 heteroatoms. The maximum Gasteiger partial charge on any atom is -0.0412 e. The molecule has 3 aliphatic carbocycles. The van der Waals surface area contributed by atoms with E-state index in [1.54, 1.807) is 12.8 Å². The van der Waals surface area contributed by atoms with Crippen molar-refractivity contribution in [1.82, 2.24) is 0 Å². The molecule has 0 aromatic heterocycles. The van der Waals surface area contributed by atoms with Crippen molar-refractivity contribution in [3.05, 3.63) is 0 Å². The van der Waals surface area contributed by atoms with Crippen LogP contribution in [0.15, 0.2) is 0 Å². The number of hydrogen-bond acceptors (Lipinski definition) is 0. The van der Waals surface area contributed by atoms with E-state index in [4.69, 9.17) is 0 Å². The zero-order valence-electron chi connectivity index (χ0n) is 9.10. The molecule has 76 valence electrons. The third-order valence-corrected chi connectivity index (χ3v) is 4.17. The maximum absolute atomic E-state index is 2.48. The van der Waals surface area contributed by atoms with Crippen LogP contribution >= 0.6 is 0 Å². The quantitative estimate of drug-likeness (QED) is 0.518. The Bertz CT molecular complexity index is 130. The summed E-state index contributed by atoms with van der Waals surface area (Å²) in [7, 11) is 0. The van der Waals surface area contributed by atoms with E-state index in [9.17, 15) is 0 Å². The smallest absolute Gasteiger partial charge is 0.0412 e. The van der Waals surface area contributed by atoms with Gasteiger partial charge < -0.3 is 0 Å². The summed E-state index contributed by atoms with van der Waals surface area (Å²) >= 11 is 0. The monoisotopic (exact) mass is 180 g/mol. The van der Waals surface area contributed by atoms with Crippen LogP contribution in [0.3, 0.4) is 0 Å². The molecule has 0 aromatic rings. The van der Waals surface area contributed by atoms with Crippen molar-refractivity contribution in [2.24, 2.45) is 17.8 Å². The molecule has 0 heterocycles. The first-order valence-corrected chi connectivity index (χ1v) is 6.34. The van der Waals surface area contributed by atoms with Crippen molar-refractivity contribution in [3.63, 3.8) is 0 Å². The second kappa shape index (κ2) is 4.48. The largest absolute Gasteiger partial charge is 0.0625 e. The second-order valence-corrected chi connectivity index (χ2v) is 5.52. The molecule has 0 amide bonds.